The molecule has 2 aliphatic heterocycles. The Morgan fingerprint density at radius 1 is 1.25 bits per heavy atom. The Bertz CT molecular complexity index is 903. The Kier molecular flexibility index (Phi) is 4.30. The number of aromatic amines is 1. The van der Waals surface area contributed by atoms with Gasteiger partial charge in [0.05, 0.1) is 5.01 Å². The Labute approximate surface area is 168 Å². The molecule has 4 heterocycles. The molecule has 2 aromatic heterocycles. The van der Waals surface area contributed by atoms with Crippen molar-refractivity contribution in [2.75, 3.05) is 26.2 Å². The predicted molar refractivity (Wildman–Crippen MR) is 108 cm³/mol. The number of hydrogen-bond donors (Lipinski definition) is 1. The third-order valence-corrected chi connectivity index (χ3v) is 7.47. The number of aryl methyl sites for hydroxylation is 4. The molecule has 0 bridgehead atoms. The van der Waals surface area contributed by atoms with Gasteiger partial charge in [-0.15, -0.1) is 11.3 Å². The third kappa shape index (κ3) is 3.15. The van der Waals surface area contributed by atoms with E-state index in [4.69, 9.17) is 0 Å². The number of rotatable bonds is 4. The molecule has 1 N–H and O–H groups in total. The van der Waals surface area contributed by atoms with Crippen LogP contribution in [0.4, 0.5) is 0 Å². The first-order valence-corrected chi connectivity index (χ1v) is 11.1. The van der Waals surface area contributed by atoms with Gasteiger partial charge >= 0.3 is 0 Å². The number of aromatic nitrogens is 2. The fourth-order valence-electron chi connectivity index (χ4n) is 4.93. The molecule has 28 heavy (non-hydrogen) atoms. The molecule has 7 heteroatoms. The number of fused-ring (bicyclic) bond motifs is 1. The molecule has 5 rings (SSSR count). The Hall–Kier alpha value is -2.15. The van der Waals surface area contributed by atoms with Gasteiger partial charge in [0, 0.05) is 61.2 Å². The maximum Gasteiger partial charge on any atom is 0.270 e. The van der Waals surface area contributed by atoms with Crippen molar-refractivity contribution in [1.82, 2.24) is 19.8 Å². The van der Waals surface area contributed by atoms with Crippen molar-refractivity contribution in [2.45, 2.75) is 45.4 Å². The fraction of sp³-hybridized carbons (Fsp3) is 0.571. The highest BCUT2D eigenvalue weighted by Gasteiger charge is 2.50. The van der Waals surface area contributed by atoms with Crippen LogP contribution in [0.1, 0.15) is 51.7 Å². The zero-order valence-corrected chi connectivity index (χ0v) is 17.1. The van der Waals surface area contributed by atoms with Crippen LogP contribution < -0.4 is 0 Å². The zero-order valence-electron chi connectivity index (χ0n) is 16.3. The van der Waals surface area contributed by atoms with Gasteiger partial charge in [0.15, 0.2) is 0 Å². The van der Waals surface area contributed by atoms with Crippen molar-refractivity contribution in [2.24, 2.45) is 5.41 Å². The number of amides is 2. The normalized spacial score (nSPS) is 19.9. The van der Waals surface area contributed by atoms with Crippen LogP contribution in [0.25, 0.3) is 0 Å². The van der Waals surface area contributed by atoms with Crippen molar-refractivity contribution < 1.29 is 9.59 Å². The van der Waals surface area contributed by atoms with Crippen LogP contribution in [0.3, 0.4) is 0 Å². The molecular weight excluding hydrogens is 372 g/mol. The van der Waals surface area contributed by atoms with E-state index in [-0.39, 0.29) is 17.2 Å². The summed E-state index contributed by atoms with van der Waals surface area (Å²) in [6.45, 7) is 5.12. The number of carbonyl (C=O) groups is 2. The van der Waals surface area contributed by atoms with Crippen LogP contribution in [0.15, 0.2) is 11.4 Å². The first-order chi connectivity index (χ1) is 13.5. The van der Waals surface area contributed by atoms with Gasteiger partial charge in [-0.25, -0.2) is 4.98 Å². The number of likely N-dealkylation sites (tertiary alicyclic amines) is 2. The van der Waals surface area contributed by atoms with E-state index in [0.29, 0.717) is 6.42 Å². The number of hydrogen-bond acceptors (Lipinski definition) is 4. The highest BCUT2D eigenvalue weighted by Crippen LogP contribution is 2.40. The van der Waals surface area contributed by atoms with Crippen LogP contribution in [-0.2, 0) is 24.1 Å². The zero-order chi connectivity index (χ0) is 19.3. The van der Waals surface area contributed by atoms with Gasteiger partial charge < -0.3 is 14.8 Å². The van der Waals surface area contributed by atoms with Crippen molar-refractivity contribution in [3.8, 4) is 0 Å². The van der Waals surface area contributed by atoms with Crippen molar-refractivity contribution in [3.05, 3.63) is 39.1 Å². The molecular formula is C21H26N4O2S. The second-order valence-electron chi connectivity index (χ2n) is 8.65. The molecule has 0 atom stereocenters. The quantitative estimate of drug-likeness (QED) is 0.861. The first kappa shape index (κ1) is 17.9. The smallest absolute Gasteiger partial charge is 0.270 e. The van der Waals surface area contributed by atoms with Crippen LogP contribution >= 0.6 is 11.3 Å². The van der Waals surface area contributed by atoms with Gasteiger partial charge in [-0.05, 0) is 44.2 Å². The Morgan fingerprint density at radius 3 is 2.82 bits per heavy atom. The lowest BCUT2D eigenvalue weighted by atomic mass is 9.79. The average Bonchev–Trinajstić information content (AvgIpc) is 3.40. The topological polar surface area (TPSA) is 69.3 Å². The summed E-state index contributed by atoms with van der Waals surface area (Å²) in [4.78, 5) is 37.0. The van der Waals surface area contributed by atoms with E-state index in [0.717, 1.165) is 68.3 Å². The molecule has 1 aliphatic carbocycles. The summed E-state index contributed by atoms with van der Waals surface area (Å²) in [6, 6.07) is 2.04. The van der Waals surface area contributed by atoms with E-state index < -0.39 is 0 Å². The monoisotopic (exact) mass is 398 g/mol. The van der Waals surface area contributed by atoms with Gasteiger partial charge in [-0.3, -0.25) is 9.59 Å². The van der Waals surface area contributed by atoms with E-state index >= 15 is 0 Å². The minimum Gasteiger partial charge on any atom is -0.354 e. The fourth-order valence-corrected chi connectivity index (χ4v) is 5.71. The van der Waals surface area contributed by atoms with Crippen molar-refractivity contribution >= 4 is 23.2 Å². The number of H-pyrrole nitrogens is 1. The van der Waals surface area contributed by atoms with Gasteiger partial charge in [0.1, 0.15) is 5.69 Å². The second kappa shape index (κ2) is 6.72. The molecule has 6 nitrogen and oxygen atoms in total. The Balaban J connectivity index is 1.13. The third-order valence-electron chi connectivity index (χ3n) is 6.45. The minimum absolute atomic E-state index is 0.110. The van der Waals surface area contributed by atoms with Crippen molar-refractivity contribution in [3.63, 3.8) is 0 Å². The summed E-state index contributed by atoms with van der Waals surface area (Å²) in [5.74, 6) is 0.333. The van der Waals surface area contributed by atoms with Crippen LogP contribution in [0, 0.1) is 12.3 Å². The number of thiazole rings is 1. The molecule has 2 fully saturated rings. The van der Waals surface area contributed by atoms with Crippen LogP contribution in [0.5, 0.6) is 0 Å². The van der Waals surface area contributed by atoms with E-state index in [1.165, 1.54) is 17.7 Å². The van der Waals surface area contributed by atoms with Crippen LogP contribution in [-0.4, -0.2) is 57.8 Å². The molecule has 0 aromatic carbocycles. The molecule has 0 radical (unpaired) electrons. The second-order valence-corrected chi connectivity index (χ2v) is 9.59. The molecule has 0 unspecified atom stereocenters. The molecule has 0 saturated carbocycles. The maximum absolute atomic E-state index is 12.8. The summed E-state index contributed by atoms with van der Waals surface area (Å²) in [6.07, 6.45) is 5.59. The van der Waals surface area contributed by atoms with E-state index in [9.17, 15) is 9.59 Å². The highest BCUT2D eigenvalue weighted by molar-refractivity contribution is 7.09. The molecule has 3 aliphatic rings. The van der Waals surface area contributed by atoms with E-state index in [1.807, 2.05) is 28.2 Å². The molecule has 1 spiro atoms. The van der Waals surface area contributed by atoms with Crippen LogP contribution in [0.2, 0.25) is 0 Å². The lowest BCUT2D eigenvalue weighted by molar-refractivity contribution is -0.131. The molecule has 2 saturated heterocycles. The molecule has 148 valence electrons. The average molecular weight is 399 g/mol. The highest BCUT2D eigenvalue weighted by atomic mass is 32.1. The first-order valence-electron chi connectivity index (χ1n) is 10.2. The summed E-state index contributed by atoms with van der Waals surface area (Å²) in [5.41, 5.74) is 4.43. The molecule has 2 amide bonds. The minimum atomic E-state index is 0.110. The van der Waals surface area contributed by atoms with E-state index in [2.05, 4.69) is 9.97 Å². The summed E-state index contributed by atoms with van der Waals surface area (Å²) in [7, 11) is 0. The maximum atomic E-state index is 12.8. The number of nitrogens with zero attached hydrogens (tertiary/aromatic N) is 3. The molecule has 2 aromatic rings. The largest absolute Gasteiger partial charge is 0.354 e. The van der Waals surface area contributed by atoms with Gasteiger partial charge in [-0.2, -0.15) is 0 Å². The lowest BCUT2D eigenvalue weighted by Gasteiger charge is -2.47. The van der Waals surface area contributed by atoms with Crippen molar-refractivity contribution in [1.29, 1.82) is 0 Å². The standard InChI is InChI=1S/C21H26N4O2S/c1-14-10-28-18(22-14)5-6-19(26)24-8-7-21(11-24)12-25(13-21)20(27)17-9-15-3-2-4-16(15)23-17/h9-10,23H,2-8,11-13H2,1H3. The lowest BCUT2D eigenvalue weighted by Crippen LogP contribution is -2.59. The van der Waals surface area contributed by atoms with E-state index in [1.54, 1.807) is 11.3 Å². The van der Waals surface area contributed by atoms with Gasteiger partial charge in [0.25, 0.3) is 5.91 Å². The SMILES string of the molecule is Cc1csc(CCC(=O)N2CCC3(C2)CN(C(=O)c2cc4c([nH]2)CCC4)C3)n1. The summed E-state index contributed by atoms with van der Waals surface area (Å²) >= 11 is 1.63. The van der Waals surface area contributed by atoms with Gasteiger partial charge in [0.2, 0.25) is 5.91 Å². The predicted octanol–water partition coefficient (Wildman–Crippen LogP) is 2.58. The Morgan fingerprint density at radius 2 is 2.07 bits per heavy atom. The van der Waals surface area contributed by atoms with Gasteiger partial charge in [-0.1, -0.05) is 0 Å². The summed E-state index contributed by atoms with van der Waals surface area (Å²) < 4.78 is 0. The summed E-state index contributed by atoms with van der Waals surface area (Å²) in [5, 5.41) is 3.07. The number of nitrogens with one attached hydrogen (secondary N) is 1. The number of carbonyl (C=O) groups excluding carboxylic acids is 2.